The SMILES string of the molecule is C[C@H]1CCC(Oc2ccc(O)c(F)c2)O1. The van der Waals surface area contributed by atoms with Crippen molar-refractivity contribution in [2.45, 2.75) is 32.2 Å². The predicted octanol–water partition coefficient (Wildman–Crippen LogP) is 2.44. The van der Waals surface area contributed by atoms with Gasteiger partial charge in [0.15, 0.2) is 17.9 Å². The molecule has 82 valence electrons. The molecule has 1 aliphatic rings. The highest BCUT2D eigenvalue weighted by Crippen LogP contribution is 2.26. The molecule has 1 aromatic rings. The van der Waals surface area contributed by atoms with Crippen molar-refractivity contribution in [2.24, 2.45) is 0 Å². The predicted molar refractivity (Wildman–Crippen MR) is 52.3 cm³/mol. The van der Waals surface area contributed by atoms with Crippen LogP contribution in [0, 0.1) is 5.82 Å². The van der Waals surface area contributed by atoms with Crippen molar-refractivity contribution in [1.29, 1.82) is 0 Å². The summed E-state index contributed by atoms with van der Waals surface area (Å²) in [7, 11) is 0. The van der Waals surface area contributed by atoms with Crippen molar-refractivity contribution in [2.75, 3.05) is 0 Å². The molecular weight excluding hydrogens is 199 g/mol. The minimum atomic E-state index is -0.682. The van der Waals surface area contributed by atoms with E-state index >= 15 is 0 Å². The molecule has 2 rings (SSSR count). The summed E-state index contributed by atoms with van der Waals surface area (Å²) >= 11 is 0. The Morgan fingerprint density at radius 2 is 2.27 bits per heavy atom. The fourth-order valence-electron chi connectivity index (χ4n) is 1.57. The molecule has 0 radical (unpaired) electrons. The van der Waals surface area contributed by atoms with E-state index in [0.29, 0.717) is 5.75 Å². The van der Waals surface area contributed by atoms with Gasteiger partial charge in [0.25, 0.3) is 0 Å². The smallest absolute Gasteiger partial charge is 0.200 e. The first-order chi connectivity index (χ1) is 7.15. The van der Waals surface area contributed by atoms with Crippen LogP contribution in [0.1, 0.15) is 19.8 Å². The number of hydrogen-bond donors (Lipinski definition) is 1. The normalized spacial score (nSPS) is 25.5. The summed E-state index contributed by atoms with van der Waals surface area (Å²) in [5.41, 5.74) is 0. The monoisotopic (exact) mass is 212 g/mol. The van der Waals surface area contributed by atoms with E-state index in [-0.39, 0.29) is 18.1 Å². The Bertz CT molecular complexity index is 354. The van der Waals surface area contributed by atoms with Crippen LogP contribution in [0.25, 0.3) is 0 Å². The van der Waals surface area contributed by atoms with Gasteiger partial charge in [-0.2, -0.15) is 0 Å². The third-order valence-corrected chi connectivity index (χ3v) is 2.38. The Kier molecular flexibility index (Phi) is 2.77. The molecule has 1 aromatic carbocycles. The van der Waals surface area contributed by atoms with Gasteiger partial charge in [-0.1, -0.05) is 0 Å². The van der Waals surface area contributed by atoms with Gasteiger partial charge in [0.1, 0.15) is 5.75 Å². The molecule has 2 atom stereocenters. The minimum Gasteiger partial charge on any atom is -0.505 e. The minimum absolute atomic E-state index is 0.192. The molecule has 0 aliphatic carbocycles. The van der Waals surface area contributed by atoms with Crippen LogP contribution in [0.5, 0.6) is 11.5 Å². The third kappa shape index (κ3) is 2.39. The van der Waals surface area contributed by atoms with E-state index in [1.807, 2.05) is 6.92 Å². The Hall–Kier alpha value is -1.29. The molecule has 0 spiro atoms. The van der Waals surface area contributed by atoms with Crippen LogP contribution in [-0.2, 0) is 4.74 Å². The Morgan fingerprint density at radius 3 is 2.87 bits per heavy atom. The van der Waals surface area contributed by atoms with Gasteiger partial charge in [-0.05, 0) is 25.5 Å². The van der Waals surface area contributed by atoms with E-state index in [0.717, 1.165) is 18.9 Å². The quantitative estimate of drug-likeness (QED) is 0.818. The van der Waals surface area contributed by atoms with Crippen molar-refractivity contribution in [1.82, 2.24) is 0 Å². The summed E-state index contributed by atoms with van der Waals surface area (Å²) in [6.45, 7) is 1.97. The lowest BCUT2D eigenvalue weighted by Crippen LogP contribution is -2.15. The average molecular weight is 212 g/mol. The van der Waals surface area contributed by atoms with Crippen LogP contribution < -0.4 is 4.74 Å². The average Bonchev–Trinajstić information content (AvgIpc) is 2.58. The second-order valence-corrected chi connectivity index (χ2v) is 3.68. The summed E-state index contributed by atoms with van der Waals surface area (Å²) in [6.07, 6.45) is 1.65. The van der Waals surface area contributed by atoms with Gasteiger partial charge < -0.3 is 14.6 Å². The maximum Gasteiger partial charge on any atom is 0.200 e. The summed E-state index contributed by atoms with van der Waals surface area (Å²) in [6, 6.07) is 3.94. The fraction of sp³-hybridized carbons (Fsp3) is 0.455. The first-order valence-electron chi connectivity index (χ1n) is 4.96. The first-order valence-corrected chi connectivity index (χ1v) is 4.96. The number of hydrogen-bond acceptors (Lipinski definition) is 3. The van der Waals surface area contributed by atoms with Crippen molar-refractivity contribution < 1.29 is 19.0 Å². The van der Waals surface area contributed by atoms with E-state index in [1.54, 1.807) is 0 Å². The molecule has 1 saturated heterocycles. The zero-order valence-corrected chi connectivity index (χ0v) is 8.44. The summed E-state index contributed by atoms with van der Waals surface area (Å²) in [5, 5.41) is 8.98. The number of rotatable bonds is 2. The topological polar surface area (TPSA) is 38.7 Å². The van der Waals surface area contributed by atoms with E-state index in [2.05, 4.69) is 0 Å². The molecule has 1 fully saturated rings. The molecule has 0 aromatic heterocycles. The zero-order valence-electron chi connectivity index (χ0n) is 8.44. The highest BCUT2D eigenvalue weighted by Gasteiger charge is 2.23. The number of halogens is 1. The molecule has 1 aliphatic heterocycles. The maximum absolute atomic E-state index is 13.0. The number of phenols is 1. The molecular formula is C11H13FO3. The third-order valence-electron chi connectivity index (χ3n) is 2.38. The second-order valence-electron chi connectivity index (χ2n) is 3.68. The lowest BCUT2D eigenvalue weighted by atomic mass is 10.2. The first kappa shape index (κ1) is 10.2. The van der Waals surface area contributed by atoms with Gasteiger partial charge >= 0.3 is 0 Å². The van der Waals surface area contributed by atoms with Crippen LogP contribution in [0.3, 0.4) is 0 Å². The Morgan fingerprint density at radius 1 is 1.47 bits per heavy atom. The molecule has 15 heavy (non-hydrogen) atoms. The van der Waals surface area contributed by atoms with Crippen LogP contribution in [0.4, 0.5) is 4.39 Å². The van der Waals surface area contributed by atoms with Crippen molar-refractivity contribution in [3.8, 4) is 11.5 Å². The highest BCUT2D eigenvalue weighted by atomic mass is 19.1. The van der Waals surface area contributed by atoms with Gasteiger partial charge in [-0.25, -0.2) is 4.39 Å². The molecule has 3 nitrogen and oxygen atoms in total. The van der Waals surface area contributed by atoms with Gasteiger partial charge in [0, 0.05) is 12.5 Å². The number of benzene rings is 1. The molecule has 0 bridgehead atoms. The van der Waals surface area contributed by atoms with Crippen LogP contribution >= 0.6 is 0 Å². The number of phenolic OH excluding ortho intramolecular Hbond substituents is 1. The molecule has 1 unspecified atom stereocenters. The van der Waals surface area contributed by atoms with Crippen molar-refractivity contribution in [3.63, 3.8) is 0 Å². The maximum atomic E-state index is 13.0. The van der Waals surface area contributed by atoms with Crippen molar-refractivity contribution >= 4 is 0 Å². The van der Waals surface area contributed by atoms with Gasteiger partial charge in [0.05, 0.1) is 6.10 Å². The Balaban J connectivity index is 2.02. The molecule has 1 N–H and O–H groups in total. The molecule has 1 heterocycles. The molecule has 0 saturated carbocycles. The highest BCUT2D eigenvalue weighted by molar-refractivity contribution is 5.32. The van der Waals surface area contributed by atoms with Crippen LogP contribution in [0.2, 0.25) is 0 Å². The second kappa shape index (κ2) is 4.06. The zero-order chi connectivity index (χ0) is 10.8. The fourth-order valence-corrected chi connectivity index (χ4v) is 1.57. The number of aromatic hydroxyl groups is 1. The standard InChI is InChI=1S/C11H13FO3/c1-7-2-5-11(14-7)15-8-3-4-10(13)9(12)6-8/h3-4,6-7,11,13H,2,5H2,1H3/t7-,11?/m0/s1. The van der Waals surface area contributed by atoms with Gasteiger partial charge in [-0.3, -0.25) is 0 Å². The van der Waals surface area contributed by atoms with Gasteiger partial charge in [-0.15, -0.1) is 0 Å². The van der Waals surface area contributed by atoms with E-state index < -0.39 is 5.82 Å². The summed E-state index contributed by atoms with van der Waals surface area (Å²) in [5.74, 6) is -0.675. The number of ether oxygens (including phenoxy) is 2. The Labute approximate surface area is 87.4 Å². The van der Waals surface area contributed by atoms with E-state index in [1.165, 1.54) is 12.1 Å². The lowest BCUT2D eigenvalue weighted by Gasteiger charge is -2.13. The largest absolute Gasteiger partial charge is 0.505 e. The molecule has 4 heteroatoms. The van der Waals surface area contributed by atoms with Crippen molar-refractivity contribution in [3.05, 3.63) is 24.0 Å². The summed E-state index contributed by atoms with van der Waals surface area (Å²) < 4.78 is 23.8. The van der Waals surface area contributed by atoms with Crippen LogP contribution in [-0.4, -0.2) is 17.5 Å². The lowest BCUT2D eigenvalue weighted by molar-refractivity contribution is -0.0672. The molecule has 0 amide bonds. The van der Waals surface area contributed by atoms with E-state index in [4.69, 9.17) is 14.6 Å². The van der Waals surface area contributed by atoms with E-state index in [9.17, 15) is 4.39 Å². The summed E-state index contributed by atoms with van der Waals surface area (Å²) in [4.78, 5) is 0. The van der Waals surface area contributed by atoms with Gasteiger partial charge in [0.2, 0.25) is 0 Å². The van der Waals surface area contributed by atoms with Crippen LogP contribution in [0.15, 0.2) is 18.2 Å².